The van der Waals surface area contributed by atoms with Gasteiger partial charge in [0.25, 0.3) is 0 Å². The van der Waals surface area contributed by atoms with Crippen molar-refractivity contribution in [2.75, 3.05) is 25.4 Å². The van der Waals surface area contributed by atoms with Gasteiger partial charge in [-0.15, -0.1) is 11.8 Å². The van der Waals surface area contributed by atoms with Gasteiger partial charge < -0.3 is 9.80 Å². The first-order valence-electron chi connectivity index (χ1n) is 8.14. The van der Waals surface area contributed by atoms with Gasteiger partial charge in [-0.1, -0.05) is 19.1 Å². The lowest BCUT2D eigenvalue weighted by atomic mass is 10.1. The van der Waals surface area contributed by atoms with Crippen LogP contribution in [0.2, 0.25) is 0 Å². The first kappa shape index (κ1) is 19.6. The Kier molecular flexibility index (Phi) is 6.37. The number of likely N-dealkylation sites (N-methyl/N-ethyl adjacent to an activating group) is 1. The topological polar surface area (TPSA) is 40.6 Å². The van der Waals surface area contributed by atoms with Crippen molar-refractivity contribution in [2.24, 2.45) is 0 Å². The highest BCUT2D eigenvalue weighted by Gasteiger charge is 2.34. The molecule has 1 atom stereocenters. The van der Waals surface area contributed by atoms with Gasteiger partial charge >= 0.3 is 6.18 Å². The Balaban J connectivity index is 2.09. The maximum absolute atomic E-state index is 12.7. The van der Waals surface area contributed by atoms with E-state index in [1.54, 1.807) is 16.7 Å². The highest BCUT2D eigenvalue weighted by molar-refractivity contribution is 8.00. The molecule has 1 fully saturated rings. The normalized spacial score (nSPS) is 17.9. The first-order valence-corrected chi connectivity index (χ1v) is 9.18. The number of carbonyl (C=O) groups is 2. The SMILES string of the molecule is CCC(=O)N(CC)CCN1C(=O)CS[C@@H]1c1ccc(C(F)(F)F)cc1. The second-order valence-corrected chi connectivity index (χ2v) is 6.77. The third-order valence-electron chi connectivity index (χ3n) is 4.14. The van der Waals surface area contributed by atoms with E-state index in [9.17, 15) is 22.8 Å². The lowest BCUT2D eigenvalue weighted by Crippen LogP contribution is -2.39. The van der Waals surface area contributed by atoms with Crippen molar-refractivity contribution in [3.05, 3.63) is 35.4 Å². The summed E-state index contributed by atoms with van der Waals surface area (Å²) in [5.41, 5.74) is -0.0449. The van der Waals surface area contributed by atoms with Gasteiger partial charge in [-0.05, 0) is 24.6 Å². The largest absolute Gasteiger partial charge is 0.416 e. The summed E-state index contributed by atoms with van der Waals surface area (Å²) in [6.07, 6.45) is -3.97. The van der Waals surface area contributed by atoms with Crippen LogP contribution in [0, 0.1) is 0 Å². The Morgan fingerprint density at radius 3 is 2.44 bits per heavy atom. The summed E-state index contributed by atoms with van der Waals surface area (Å²) in [5.74, 6) is 0.252. The van der Waals surface area contributed by atoms with Gasteiger partial charge in [-0.2, -0.15) is 13.2 Å². The number of thioether (sulfide) groups is 1. The molecule has 0 N–H and O–H groups in total. The molecule has 25 heavy (non-hydrogen) atoms. The molecular weight excluding hydrogens is 353 g/mol. The molecule has 0 bridgehead atoms. The molecule has 0 spiro atoms. The summed E-state index contributed by atoms with van der Waals surface area (Å²) in [7, 11) is 0. The number of carbonyl (C=O) groups excluding carboxylic acids is 2. The average molecular weight is 374 g/mol. The van der Waals surface area contributed by atoms with E-state index < -0.39 is 11.7 Å². The minimum Gasteiger partial charge on any atom is -0.341 e. The quantitative estimate of drug-likeness (QED) is 0.765. The molecule has 0 saturated carbocycles. The van der Waals surface area contributed by atoms with Gasteiger partial charge in [-0.25, -0.2) is 0 Å². The number of amides is 2. The van der Waals surface area contributed by atoms with E-state index in [0.29, 0.717) is 37.4 Å². The van der Waals surface area contributed by atoms with Crippen molar-refractivity contribution in [1.82, 2.24) is 9.80 Å². The summed E-state index contributed by atoms with van der Waals surface area (Å²) in [6.45, 7) is 5.02. The molecule has 138 valence electrons. The van der Waals surface area contributed by atoms with Crippen molar-refractivity contribution in [3.63, 3.8) is 0 Å². The van der Waals surface area contributed by atoms with Crippen LogP contribution < -0.4 is 0 Å². The van der Waals surface area contributed by atoms with Crippen molar-refractivity contribution < 1.29 is 22.8 Å². The van der Waals surface area contributed by atoms with Gasteiger partial charge in [0.15, 0.2) is 0 Å². The predicted molar refractivity (Wildman–Crippen MR) is 90.9 cm³/mol. The summed E-state index contributed by atoms with van der Waals surface area (Å²) < 4.78 is 38.1. The molecule has 2 rings (SSSR count). The smallest absolute Gasteiger partial charge is 0.341 e. The van der Waals surface area contributed by atoms with Crippen LogP contribution in [-0.4, -0.2) is 47.0 Å². The molecule has 1 aromatic rings. The number of hydrogen-bond donors (Lipinski definition) is 0. The lowest BCUT2D eigenvalue weighted by Gasteiger charge is -2.28. The number of nitrogens with zero attached hydrogens (tertiary/aromatic N) is 2. The molecule has 0 aromatic heterocycles. The molecule has 1 aliphatic rings. The van der Waals surface area contributed by atoms with E-state index in [2.05, 4.69) is 0 Å². The van der Waals surface area contributed by atoms with E-state index >= 15 is 0 Å². The fourth-order valence-corrected chi connectivity index (χ4v) is 3.94. The van der Waals surface area contributed by atoms with Crippen molar-refractivity contribution >= 4 is 23.6 Å². The lowest BCUT2D eigenvalue weighted by molar-refractivity contribution is -0.137. The zero-order valence-corrected chi connectivity index (χ0v) is 15.0. The van der Waals surface area contributed by atoms with Crippen molar-refractivity contribution in [2.45, 2.75) is 31.8 Å². The molecule has 0 unspecified atom stereocenters. The summed E-state index contributed by atoms with van der Waals surface area (Å²) >= 11 is 1.39. The predicted octanol–water partition coefficient (Wildman–Crippen LogP) is 3.54. The molecule has 1 aliphatic heterocycles. The van der Waals surface area contributed by atoms with Crippen molar-refractivity contribution in [1.29, 1.82) is 0 Å². The van der Waals surface area contributed by atoms with Crippen LogP contribution in [0.15, 0.2) is 24.3 Å². The highest BCUT2D eigenvalue weighted by Crippen LogP contribution is 2.39. The molecule has 8 heteroatoms. The Morgan fingerprint density at radius 1 is 1.28 bits per heavy atom. The summed E-state index contributed by atoms with van der Waals surface area (Å²) in [4.78, 5) is 27.3. The molecule has 4 nitrogen and oxygen atoms in total. The summed E-state index contributed by atoms with van der Waals surface area (Å²) in [6, 6.07) is 4.91. The minimum atomic E-state index is -4.38. The van der Waals surface area contributed by atoms with E-state index in [4.69, 9.17) is 0 Å². The Morgan fingerprint density at radius 2 is 1.92 bits per heavy atom. The van der Waals surface area contributed by atoms with Crippen LogP contribution in [0.25, 0.3) is 0 Å². The number of rotatable bonds is 6. The maximum atomic E-state index is 12.7. The van der Waals surface area contributed by atoms with Gasteiger partial charge in [0.05, 0.1) is 11.3 Å². The third kappa shape index (κ3) is 4.68. The average Bonchev–Trinajstić information content (AvgIpc) is 2.95. The molecule has 0 aliphatic carbocycles. The second-order valence-electron chi connectivity index (χ2n) is 5.70. The maximum Gasteiger partial charge on any atom is 0.416 e. The molecule has 1 heterocycles. The van der Waals surface area contributed by atoms with Crippen LogP contribution in [-0.2, 0) is 15.8 Å². The molecule has 0 radical (unpaired) electrons. The number of halogens is 3. The standard InChI is InChI=1S/C17H21F3N2O2S/c1-3-14(23)21(4-2)9-10-22-15(24)11-25-16(22)12-5-7-13(8-6-12)17(18,19)20/h5-8,16H,3-4,9-11H2,1-2H3/t16-/m1/s1. The Labute approximate surface area is 149 Å². The fourth-order valence-electron chi connectivity index (χ4n) is 2.72. The van der Waals surface area contributed by atoms with Gasteiger partial charge in [0, 0.05) is 26.1 Å². The van der Waals surface area contributed by atoms with Crippen LogP contribution in [0.1, 0.15) is 36.8 Å². The molecule has 1 saturated heterocycles. The Hall–Kier alpha value is -1.70. The third-order valence-corrected chi connectivity index (χ3v) is 5.39. The van der Waals surface area contributed by atoms with Crippen LogP contribution in [0.3, 0.4) is 0 Å². The molecule has 1 aromatic carbocycles. The minimum absolute atomic E-state index is 0.0212. The molecule has 2 amide bonds. The van der Waals surface area contributed by atoms with E-state index in [0.717, 1.165) is 12.1 Å². The monoisotopic (exact) mass is 374 g/mol. The number of benzene rings is 1. The van der Waals surface area contributed by atoms with Crippen LogP contribution in [0.5, 0.6) is 0 Å². The van der Waals surface area contributed by atoms with Crippen molar-refractivity contribution in [3.8, 4) is 0 Å². The first-order chi connectivity index (χ1) is 11.8. The fraction of sp³-hybridized carbons (Fsp3) is 0.529. The zero-order chi connectivity index (χ0) is 18.6. The number of hydrogen-bond acceptors (Lipinski definition) is 3. The number of alkyl halides is 3. The second kappa shape index (κ2) is 8.12. The van der Waals surface area contributed by atoms with Gasteiger partial charge in [-0.3, -0.25) is 9.59 Å². The van der Waals surface area contributed by atoms with Crippen LogP contribution >= 0.6 is 11.8 Å². The van der Waals surface area contributed by atoms with E-state index in [-0.39, 0.29) is 17.2 Å². The van der Waals surface area contributed by atoms with Gasteiger partial charge in [0.2, 0.25) is 11.8 Å². The van der Waals surface area contributed by atoms with Crippen LogP contribution in [0.4, 0.5) is 13.2 Å². The summed E-state index contributed by atoms with van der Waals surface area (Å²) in [5, 5.41) is -0.315. The van der Waals surface area contributed by atoms with Gasteiger partial charge in [0.1, 0.15) is 5.37 Å². The highest BCUT2D eigenvalue weighted by atomic mass is 32.2. The Bertz CT molecular complexity index is 619. The zero-order valence-electron chi connectivity index (χ0n) is 14.2. The van der Waals surface area contributed by atoms with E-state index in [1.807, 2.05) is 6.92 Å². The molecular formula is C17H21F3N2O2S. The van der Waals surface area contributed by atoms with E-state index in [1.165, 1.54) is 23.9 Å².